The van der Waals surface area contributed by atoms with Gasteiger partial charge >= 0.3 is 0 Å². The Hall–Kier alpha value is -1.10. The number of carbonyl (C=O) groups excluding carboxylic acids is 2. The second kappa shape index (κ2) is 6.72. The molecular formula is C23H38N2O3. The maximum atomic E-state index is 13.4. The number of hydrogen-bond acceptors (Lipinski definition) is 3. The summed E-state index contributed by atoms with van der Waals surface area (Å²) in [6.45, 7) is 8.50. The summed E-state index contributed by atoms with van der Waals surface area (Å²) in [7, 11) is 0. The fourth-order valence-electron chi connectivity index (χ4n) is 7.43. The molecule has 4 rings (SSSR count). The number of fused-ring (bicyclic) bond motifs is 5. The van der Waals surface area contributed by atoms with Crippen LogP contribution >= 0.6 is 0 Å². The molecule has 1 saturated heterocycles. The maximum absolute atomic E-state index is 13.4. The molecule has 3 saturated carbocycles. The van der Waals surface area contributed by atoms with Gasteiger partial charge in [-0.25, -0.2) is 0 Å². The first kappa shape index (κ1) is 20.2. The number of rotatable bonds is 3. The van der Waals surface area contributed by atoms with Crippen molar-refractivity contribution in [2.75, 3.05) is 6.61 Å². The number of aliphatic hydroxyl groups excluding tert-OH is 1. The van der Waals surface area contributed by atoms with E-state index in [9.17, 15) is 14.7 Å². The van der Waals surface area contributed by atoms with Gasteiger partial charge in [-0.1, -0.05) is 20.3 Å². The zero-order valence-electron chi connectivity index (χ0n) is 18.0. The predicted molar refractivity (Wildman–Crippen MR) is 108 cm³/mol. The zero-order valence-corrected chi connectivity index (χ0v) is 18.0. The van der Waals surface area contributed by atoms with Gasteiger partial charge in [0.15, 0.2) is 0 Å². The molecule has 7 atom stereocenters. The van der Waals surface area contributed by atoms with E-state index in [2.05, 4.69) is 24.5 Å². The van der Waals surface area contributed by atoms with Gasteiger partial charge in [0, 0.05) is 18.4 Å². The van der Waals surface area contributed by atoms with Gasteiger partial charge in [0.25, 0.3) is 0 Å². The number of nitrogens with one attached hydrogen (secondary N) is 2. The van der Waals surface area contributed by atoms with E-state index in [1.807, 2.05) is 13.8 Å². The molecule has 5 nitrogen and oxygen atoms in total. The van der Waals surface area contributed by atoms with Crippen molar-refractivity contribution >= 4 is 11.8 Å². The average Bonchev–Trinajstić information content (AvgIpc) is 3.03. The Morgan fingerprint density at radius 1 is 1.21 bits per heavy atom. The lowest BCUT2D eigenvalue weighted by Gasteiger charge is -2.61. The molecule has 0 bridgehead atoms. The standard InChI is InChI=1S/C23H38N2O3/c1-21(2,13-26)25-20(28)14-12-17-23(4,11-8-18(27)24-17)16-7-10-22(3)9-5-6-15(22)19(14)16/h14-17,19,26H,5-13H2,1-4H3,(H,24,27)(H,25,28)/t14-,15-,16-,17+,19-,22-,23+/m0/s1. The minimum atomic E-state index is -0.614. The first-order chi connectivity index (χ1) is 13.1. The van der Waals surface area contributed by atoms with Crippen molar-refractivity contribution in [1.82, 2.24) is 10.6 Å². The van der Waals surface area contributed by atoms with E-state index in [0.717, 1.165) is 12.8 Å². The van der Waals surface area contributed by atoms with Crippen LogP contribution in [0.4, 0.5) is 0 Å². The molecule has 1 heterocycles. The van der Waals surface area contributed by atoms with E-state index in [-0.39, 0.29) is 35.8 Å². The zero-order chi connectivity index (χ0) is 20.3. The topological polar surface area (TPSA) is 78.4 Å². The Morgan fingerprint density at radius 2 is 1.96 bits per heavy atom. The molecule has 0 unspecified atom stereocenters. The molecule has 5 heteroatoms. The van der Waals surface area contributed by atoms with Crippen molar-refractivity contribution in [2.45, 2.75) is 90.6 Å². The van der Waals surface area contributed by atoms with Gasteiger partial charge in [-0.15, -0.1) is 0 Å². The third-order valence-corrected chi connectivity index (χ3v) is 9.13. The van der Waals surface area contributed by atoms with Crippen LogP contribution in [0.3, 0.4) is 0 Å². The van der Waals surface area contributed by atoms with Crippen LogP contribution in [0.25, 0.3) is 0 Å². The van der Waals surface area contributed by atoms with E-state index < -0.39 is 5.54 Å². The number of hydrogen-bond donors (Lipinski definition) is 3. The fraction of sp³-hybridized carbons (Fsp3) is 0.913. The highest BCUT2D eigenvalue weighted by molar-refractivity contribution is 5.81. The SMILES string of the molecule is CC(C)(CO)NC(=O)[C@H]1C[C@H]2NC(=O)CC[C@]2(C)[C@H]2CC[C@]3(C)CCC[C@H]3[C@H]12. The second-order valence-corrected chi connectivity index (χ2v) is 11.4. The summed E-state index contributed by atoms with van der Waals surface area (Å²) < 4.78 is 0. The fourth-order valence-corrected chi connectivity index (χ4v) is 7.43. The minimum absolute atomic E-state index is 0.0709. The Bertz CT molecular complexity index is 662. The Kier molecular flexibility index (Phi) is 4.84. The van der Waals surface area contributed by atoms with Crippen molar-refractivity contribution in [2.24, 2.45) is 34.5 Å². The average molecular weight is 391 g/mol. The predicted octanol–water partition coefficient (Wildman–Crippen LogP) is 3.01. The molecule has 0 aromatic heterocycles. The Morgan fingerprint density at radius 3 is 2.68 bits per heavy atom. The Labute approximate surface area is 169 Å². The summed E-state index contributed by atoms with van der Waals surface area (Å²) in [4.78, 5) is 25.6. The summed E-state index contributed by atoms with van der Waals surface area (Å²) in [6.07, 6.45) is 8.53. The maximum Gasteiger partial charge on any atom is 0.223 e. The van der Waals surface area contributed by atoms with Gasteiger partial charge in [-0.3, -0.25) is 9.59 Å². The summed E-state index contributed by atoms with van der Waals surface area (Å²) in [5.74, 6) is 1.64. The molecule has 158 valence electrons. The first-order valence-electron chi connectivity index (χ1n) is 11.3. The highest BCUT2D eigenvalue weighted by atomic mass is 16.3. The number of amides is 2. The summed E-state index contributed by atoms with van der Waals surface area (Å²) in [6, 6.07) is 0.0914. The van der Waals surface area contributed by atoms with E-state index in [0.29, 0.717) is 29.6 Å². The molecule has 4 aliphatic rings. The van der Waals surface area contributed by atoms with Gasteiger partial charge in [0.2, 0.25) is 11.8 Å². The molecule has 0 spiro atoms. The van der Waals surface area contributed by atoms with Crippen LogP contribution in [0, 0.1) is 34.5 Å². The highest BCUT2D eigenvalue weighted by Crippen LogP contribution is 2.65. The highest BCUT2D eigenvalue weighted by Gasteiger charge is 2.62. The molecular weight excluding hydrogens is 352 g/mol. The quantitative estimate of drug-likeness (QED) is 0.693. The summed E-state index contributed by atoms with van der Waals surface area (Å²) in [5, 5.41) is 16.0. The van der Waals surface area contributed by atoms with Crippen LogP contribution in [-0.4, -0.2) is 35.1 Å². The van der Waals surface area contributed by atoms with Crippen LogP contribution in [-0.2, 0) is 9.59 Å². The number of piperidine rings is 1. The lowest BCUT2D eigenvalue weighted by Crippen LogP contribution is -2.65. The monoisotopic (exact) mass is 390 g/mol. The minimum Gasteiger partial charge on any atom is -0.394 e. The third kappa shape index (κ3) is 3.09. The van der Waals surface area contributed by atoms with Crippen molar-refractivity contribution < 1.29 is 14.7 Å². The van der Waals surface area contributed by atoms with E-state index in [1.165, 1.54) is 32.1 Å². The van der Waals surface area contributed by atoms with Crippen LogP contribution in [0.2, 0.25) is 0 Å². The molecule has 0 aromatic rings. The van der Waals surface area contributed by atoms with Gasteiger partial charge in [-0.05, 0) is 81.0 Å². The third-order valence-electron chi connectivity index (χ3n) is 9.13. The van der Waals surface area contributed by atoms with Crippen molar-refractivity contribution in [1.29, 1.82) is 0 Å². The van der Waals surface area contributed by atoms with Crippen LogP contribution in [0.5, 0.6) is 0 Å². The molecule has 0 aromatic carbocycles. The van der Waals surface area contributed by atoms with Gasteiger partial charge in [0.1, 0.15) is 0 Å². The van der Waals surface area contributed by atoms with E-state index >= 15 is 0 Å². The van der Waals surface area contributed by atoms with Gasteiger partial charge in [0.05, 0.1) is 12.1 Å². The van der Waals surface area contributed by atoms with E-state index in [4.69, 9.17) is 0 Å². The van der Waals surface area contributed by atoms with Crippen molar-refractivity contribution in [3.05, 3.63) is 0 Å². The molecule has 4 fully saturated rings. The van der Waals surface area contributed by atoms with E-state index in [1.54, 1.807) is 0 Å². The lowest BCUT2D eigenvalue weighted by molar-refractivity contribution is -0.155. The number of aliphatic hydroxyl groups is 1. The van der Waals surface area contributed by atoms with Gasteiger partial charge < -0.3 is 15.7 Å². The molecule has 0 radical (unpaired) electrons. The molecule has 28 heavy (non-hydrogen) atoms. The van der Waals surface area contributed by atoms with Gasteiger partial charge in [-0.2, -0.15) is 0 Å². The van der Waals surface area contributed by atoms with Crippen LogP contribution in [0.15, 0.2) is 0 Å². The lowest BCUT2D eigenvalue weighted by atomic mass is 9.45. The van der Waals surface area contributed by atoms with Crippen molar-refractivity contribution in [3.8, 4) is 0 Å². The van der Waals surface area contributed by atoms with Crippen molar-refractivity contribution in [3.63, 3.8) is 0 Å². The van der Waals surface area contributed by atoms with Crippen LogP contribution < -0.4 is 10.6 Å². The smallest absolute Gasteiger partial charge is 0.223 e. The summed E-state index contributed by atoms with van der Waals surface area (Å²) >= 11 is 0. The summed E-state index contributed by atoms with van der Waals surface area (Å²) in [5.41, 5.74) is -0.143. The number of carbonyl (C=O) groups is 2. The Balaban J connectivity index is 1.69. The largest absolute Gasteiger partial charge is 0.394 e. The molecule has 3 N–H and O–H groups in total. The molecule has 1 aliphatic heterocycles. The van der Waals surface area contributed by atoms with Crippen LogP contribution in [0.1, 0.15) is 79.1 Å². The second-order valence-electron chi connectivity index (χ2n) is 11.4. The first-order valence-corrected chi connectivity index (χ1v) is 11.3. The molecule has 2 amide bonds. The molecule has 3 aliphatic carbocycles. The normalized spacial score (nSPS) is 45.5.